The van der Waals surface area contributed by atoms with Crippen molar-refractivity contribution < 1.29 is 4.39 Å². The first-order valence-corrected chi connectivity index (χ1v) is 6.08. The SMILES string of the molecule is Cn1c(C2CCNCC2)nc2ccc(F)cc21. The van der Waals surface area contributed by atoms with Crippen LogP contribution in [0, 0.1) is 5.82 Å². The lowest BCUT2D eigenvalue weighted by Crippen LogP contribution is -2.27. The van der Waals surface area contributed by atoms with Crippen molar-refractivity contribution in [3.05, 3.63) is 29.8 Å². The van der Waals surface area contributed by atoms with Crippen LogP contribution in [0.3, 0.4) is 0 Å². The molecule has 0 bridgehead atoms. The zero-order chi connectivity index (χ0) is 11.8. The molecule has 0 saturated carbocycles. The van der Waals surface area contributed by atoms with Crippen LogP contribution in [0.15, 0.2) is 18.2 Å². The average molecular weight is 233 g/mol. The molecule has 1 aromatic heterocycles. The second-order valence-corrected chi connectivity index (χ2v) is 4.69. The van der Waals surface area contributed by atoms with Gasteiger partial charge >= 0.3 is 0 Å². The highest BCUT2D eigenvalue weighted by atomic mass is 19.1. The molecule has 1 aromatic carbocycles. The summed E-state index contributed by atoms with van der Waals surface area (Å²) in [6.07, 6.45) is 2.22. The Morgan fingerprint density at radius 3 is 2.88 bits per heavy atom. The van der Waals surface area contributed by atoms with Crippen LogP contribution in [-0.2, 0) is 7.05 Å². The minimum absolute atomic E-state index is 0.197. The van der Waals surface area contributed by atoms with Crippen molar-refractivity contribution in [1.82, 2.24) is 14.9 Å². The maximum atomic E-state index is 13.2. The molecular weight excluding hydrogens is 217 g/mol. The van der Waals surface area contributed by atoms with E-state index in [1.165, 1.54) is 6.07 Å². The van der Waals surface area contributed by atoms with Gasteiger partial charge in [0, 0.05) is 13.0 Å². The monoisotopic (exact) mass is 233 g/mol. The van der Waals surface area contributed by atoms with Gasteiger partial charge in [-0.25, -0.2) is 9.37 Å². The van der Waals surface area contributed by atoms with Gasteiger partial charge < -0.3 is 9.88 Å². The van der Waals surface area contributed by atoms with Crippen LogP contribution in [-0.4, -0.2) is 22.6 Å². The number of piperidine rings is 1. The van der Waals surface area contributed by atoms with Gasteiger partial charge in [-0.3, -0.25) is 0 Å². The lowest BCUT2D eigenvalue weighted by molar-refractivity contribution is 0.438. The van der Waals surface area contributed by atoms with Crippen LogP contribution in [0.1, 0.15) is 24.6 Å². The Balaban J connectivity index is 2.07. The molecule has 0 aliphatic carbocycles. The maximum absolute atomic E-state index is 13.2. The molecule has 0 radical (unpaired) electrons. The quantitative estimate of drug-likeness (QED) is 0.818. The number of aryl methyl sites for hydroxylation is 1. The molecule has 1 N–H and O–H groups in total. The molecule has 1 fully saturated rings. The van der Waals surface area contributed by atoms with Crippen molar-refractivity contribution in [2.24, 2.45) is 7.05 Å². The predicted octanol–water partition coefficient (Wildman–Crippen LogP) is 2.18. The van der Waals surface area contributed by atoms with E-state index < -0.39 is 0 Å². The summed E-state index contributed by atoms with van der Waals surface area (Å²) >= 11 is 0. The number of benzene rings is 1. The molecule has 2 aromatic rings. The lowest BCUT2D eigenvalue weighted by atomic mass is 9.97. The van der Waals surface area contributed by atoms with Crippen LogP contribution in [0.2, 0.25) is 0 Å². The highest BCUT2D eigenvalue weighted by Gasteiger charge is 2.20. The minimum atomic E-state index is -0.197. The molecule has 90 valence electrons. The van der Waals surface area contributed by atoms with E-state index in [9.17, 15) is 4.39 Å². The topological polar surface area (TPSA) is 29.9 Å². The Labute approximate surface area is 99.7 Å². The summed E-state index contributed by atoms with van der Waals surface area (Å²) in [4.78, 5) is 4.65. The molecule has 0 atom stereocenters. The summed E-state index contributed by atoms with van der Waals surface area (Å²) in [5, 5.41) is 3.35. The molecule has 1 aliphatic heterocycles. The molecular formula is C13H16FN3. The number of nitrogens with zero attached hydrogens (tertiary/aromatic N) is 2. The smallest absolute Gasteiger partial charge is 0.125 e. The van der Waals surface area contributed by atoms with Gasteiger partial charge in [0.1, 0.15) is 11.6 Å². The Hall–Kier alpha value is -1.42. The maximum Gasteiger partial charge on any atom is 0.125 e. The largest absolute Gasteiger partial charge is 0.331 e. The van der Waals surface area contributed by atoms with E-state index in [0.717, 1.165) is 42.8 Å². The van der Waals surface area contributed by atoms with Crippen molar-refractivity contribution in [1.29, 1.82) is 0 Å². The molecule has 2 heterocycles. The second kappa shape index (κ2) is 4.11. The minimum Gasteiger partial charge on any atom is -0.331 e. The average Bonchev–Trinajstić information content (AvgIpc) is 2.68. The van der Waals surface area contributed by atoms with Gasteiger partial charge in [0.15, 0.2) is 0 Å². The van der Waals surface area contributed by atoms with E-state index in [2.05, 4.69) is 10.3 Å². The van der Waals surface area contributed by atoms with Crippen LogP contribution in [0.5, 0.6) is 0 Å². The Bertz CT molecular complexity index is 541. The fourth-order valence-corrected chi connectivity index (χ4v) is 2.63. The number of fused-ring (bicyclic) bond motifs is 1. The number of nitrogens with one attached hydrogen (secondary N) is 1. The van der Waals surface area contributed by atoms with Gasteiger partial charge in [0.05, 0.1) is 11.0 Å². The van der Waals surface area contributed by atoms with E-state index in [-0.39, 0.29) is 5.82 Å². The van der Waals surface area contributed by atoms with Crippen LogP contribution < -0.4 is 5.32 Å². The number of hydrogen-bond donors (Lipinski definition) is 1. The fourth-order valence-electron chi connectivity index (χ4n) is 2.63. The van der Waals surface area contributed by atoms with E-state index in [0.29, 0.717) is 5.92 Å². The van der Waals surface area contributed by atoms with Gasteiger partial charge in [0.25, 0.3) is 0 Å². The van der Waals surface area contributed by atoms with Crippen molar-refractivity contribution in [2.75, 3.05) is 13.1 Å². The van der Waals surface area contributed by atoms with Gasteiger partial charge in [0.2, 0.25) is 0 Å². The van der Waals surface area contributed by atoms with Gasteiger partial charge in [-0.15, -0.1) is 0 Å². The first-order valence-electron chi connectivity index (χ1n) is 6.08. The summed E-state index contributed by atoms with van der Waals surface area (Å²) in [6.45, 7) is 2.09. The Morgan fingerprint density at radius 2 is 2.12 bits per heavy atom. The van der Waals surface area contributed by atoms with Crippen LogP contribution >= 0.6 is 0 Å². The van der Waals surface area contributed by atoms with Crippen LogP contribution in [0.25, 0.3) is 11.0 Å². The summed E-state index contributed by atoms with van der Waals surface area (Å²) < 4.78 is 15.3. The normalized spacial score (nSPS) is 17.8. The fraction of sp³-hybridized carbons (Fsp3) is 0.462. The lowest BCUT2D eigenvalue weighted by Gasteiger charge is -2.22. The third-order valence-corrected chi connectivity index (χ3v) is 3.58. The standard InChI is InChI=1S/C13H16FN3/c1-17-12-8-10(14)2-3-11(12)16-13(17)9-4-6-15-7-5-9/h2-3,8-9,15H,4-7H2,1H3. The molecule has 4 heteroatoms. The van der Waals surface area contributed by atoms with E-state index >= 15 is 0 Å². The zero-order valence-corrected chi connectivity index (χ0v) is 9.91. The van der Waals surface area contributed by atoms with Gasteiger partial charge in [-0.2, -0.15) is 0 Å². The summed E-state index contributed by atoms with van der Waals surface area (Å²) in [5.41, 5.74) is 1.78. The van der Waals surface area contributed by atoms with Crippen molar-refractivity contribution in [3.8, 4) is 0 Å². The number of rotatable bonds is 1. The number of halogens is 1. The second-order valence-electron chi connectivity index (χ2n) is 4.69. The zero-order valence-electron chi connectivity index (χ0n) is 9.91. The van der Waals surface area contributed by atoms with E-state index in [4.69, 9.17) is 0 Å². The van der Waals surface area contributed by atoms with Crippen LogP contribution in [0.4, 0.5) is 4.39 Å². The molecule has 0 unspecified atom stereocenters. The van der Waals surface area contributed by atoms with Crippen molar-refractivity contribution in [2.45, 2.75) is 18.8 Å². The first kappa shape index (κ1) is 10.7. The predicted molar refractivity (Wildman–Crippen MR) is 65.5 cm³/mol. The number of hydrogen-bond acceptors (Lipinski definition) is 2. The van der Waals surface area contributed by atoms with Crippen molar-refractivity contribution >= 4 is 11.0 Å². The highest BCUT2D eigenvalue weighted by Crippen LogP contribution is 2.27. The molecule has 1 saturated heterocycles. The third-order valence-electron chi connectivity index (χ3n) is 3.58. The Kier molecular flexibility index (Phi) is 2.59. The van der Waals surface area contributed by atoms with Gasteiger partial charge in [-0.1, -0.05) is 0 Å². The molecule has 0 amide bonds. The molecule has 3 nitrogen and oxygen atoms in total. The van der Waals surface area contributed by atoms with E-state index in [1.807, 2.05) is 11.6 Å². The molecule has 17 heavy (non-hydrogen) atoms. The first-order chi connectivity index (χ1) is 8.25. The number of imidazole rings is 1. The summed E-state index contributed by atoms with van der Waals surface area (Å²) in [6, 6.07) is 4.80. The Morgan fingerprint density at radius 1 is 1.35 bits per heavy atom. The molecule has 0 spiro atoms. The molecule has 3 rings (SSSR count). The number of aromatic nitrogens is 2. The van der Waals surface area contributed by atoms with E-state index in [1.54, 1.807) is 12.1 Å². The van der Waals surface area contributed by atoms with Crippen molar-refractivity contribution in [3.63, 3.8) is 0 Å². The molecule has 1 aliphatic rings. The highest BCUT2D eigenvalue weighted by molar-refractivity contribution is 5.76. The summed E-state index contributed by atoms with van der Waals surface area (Å²) in [5.74, 6) is 1.39. The summed E-state index contributed by atoms with van der Waals surface area (Å²) in [7, 11) is 1.98. The third kappa shape index (κ3) is 1.82. The van der Waals surface area contributed by atoms with Gasteiger partial charge in [-0.05, 0) is 44.1 Å².